The number of hydrogen-bond donors (Lipinski definition) is 2. The largest absolute Gasteiger partial charge is 0.497 e. The van der Waals surface area contributed by atoms with Crippen LogP contribution in [0.2, 0.25) is 0 Å². The van der Waals surface area contributed by atoms with Crippen LogP contribution in [0.1, 0.15) is 63.5 Å². The van der Waals surface area contributed by atoms with Gasteiger partial charge < -0.3 is 25.3 Å². The van der Waals surface area contributed by atoms with Crippen LogP contribution in [-0.4, -0.2) is 42.8 Å². The van der Waals surface area contributed by atoms with Crippen LogP contribution in [0.25, 0.3) is 5.69 Å². The summed E-state index contributed by atoms with van der Waals surface area (Å²) in [4.78, 5) is 26.4. The number of hydrogen-bond acceptors (Lipinski definition) is 7. The smallest absolute Gasteiger partial charge is 0.251 e. The van der Waals surface area contributed by atoms with Crippen LogP contribution in [0.3, 0.4) is 0 Å². The molecule has 0 spiro atoms. The molecule has 4 aromatic rings. The molecule has 1 aliphatic rings. The van der Waals surface area contributed by atoms with Crippen LogP contribution < -0.4 is 25.3 Å². The van der Waals surface area contributed by atoms with Crippen LogP contribution in [-0.2, 0) is 19.4 Å². The molecule has 0 saturated carbocycles. The minimum Gasteiger partial charge on any atom is -0.497 e. The lowest BCUT2D eigenvalue weighted by molar-refractivity contribution is 0.0908. The zero-order valence-electron chi connectivity index (χ0n) is 24.6. The van der Waals surface area contributed by atoms with Crippen molar-refractivity contribution in [3.05, 3.63) is 94.3 Å². The van der Waals surface area contributed by atoms with Gasteiger partial charge in [0, 0.05) is 24.9 Å². The summed E-state index contributed by atoms with van der Waals surface area (Å²) in [5.41, 5.74) is 11.8. The molecule has 1 aromatic heterocycles. The number of nitrogens with two attached hydrogens (primary N) is 1. The van der Waals surface area contributed by atoms with E-state index in [4.69, 9.17) is 25.0 Å². The van der Waals surface area contributed by atoms with Crippen molar-refractivity contribution in [2.24, 2.45) is 5.41 Å². The second kappa shape index (κ2) is 11.6. The van der Waals surface area contributed by atoms with Crippen LogP contribution in [0.4, 0.5) is 5.69 Å². The number of aromatic nitrogens is 2. The van der Waals surface area contributed by atoms with Gasteiger partial charge in [0.1, 0.15) is 5.75 Å². The highest BCUT2D eigenvalue weighted by Gasteiger charge is 2.37. The lowest BCUT2D eigenvalue weighted by atomic mass is 9.75. The van der Waals surface area contributed by atoms with Crippen molar-refractivity contribution in [3.8, 4) is 22.9 Å². The number of ketones is 1. The first-order valence-electron chi connectivity index (χ1n) is 13.8. The topological polar surface area (TPSA) is 118 Å². The molecule has 9 nitrogen and oxygen atoms in total. The first-order valence-corrected chi connectivity index (χ1v) is 13.8. The maximum atomic E-state index is 13.4. The van der Waals surface area contributed by atoms with Gasteiger partial charge in [0.2, 0.25) is 0 Å². The van der Waals surface area contributed by atoms with E-state index in [1.54, 1.807) is 44.2 Å². The minimum atomic E-state index is -0.239. The number of carbonyl (C=O) groups is 2. The highest BCUT2D eigenvalue weighted by atomic mass is 16.5. The van der Waals surface area contributed by atoms with E-state index in [0.29, 0.717) is 65.5 Å². The highest BCUT2D eigenvalue weighted by molar-refractivity contribution is 6.00. The Labute approximate surface area is 245 Å². The number of amides is 1. The molecule has 0 radical (unpaired) electrons. The number of methoxy groups -OCH3 is 3. The Kier molecular flexibility index (Phi) is 7.93. The van der Waals surface area contributed by atoms with Crippen molar-refractivity contribution >= 4 is 17.4 Å². The maximum absolute atomic E-state index is 13.4. The standard InChI is InChI=1S/C33H36N4O5/c1-33(2)17-27-31(28(38)18-33)25(14-21-8-13-29(41-4)30(15-21)42-5)36-37(27)26-12-9-22(16-24(26)34)32(39)35-19-20-6-10-23(40-3)11-7-20/h6-13,15-16H,14,17-19,34H2,1-5H3,(H,35,39). The minimum absolute atomic E-state index is 0.0658. The zero-order chi connectivity index (χ0) is 30.0. The fourth-order valence-electron chi connectivity index (χ4n) is 5.45. The molecule has 9 heteroatoms. The molecule has 1 amide bonds. The molecule has 1 aliphatic carbocycles. The van der Waals surface area contributed by atoms with E-state index in [-0.39, 0.29) is 17.1 Å². The van der Waals surface area contributed by atoms with Gasteiger partial charge in [-0.1, -0.05) is 32.0 Å². The number of carbonyl (C=O) groups excluding carboxylic acids is 2. The van der Waals surface area contributed by atoms with E-state index < -0.39 is 0 Å². The molecular formula is C33H36N4O5. The number of nitrogen functional groups attached to an aromatic ring is 1. The summed E-state index contributed by atoms with van der Waals surface area (Å²) in [7, 11) is 4.80. The molecule has 42 heavy (non-hydrogen) atoms. The third kappa shape index (κ3) is 5.81. The Morgan fingerprint density at radius 2 is 1.64 bits per heavy atom. The highest BCUT2D eigenvalue weighted by Crippen LogP contribution is 2.39. The quantitative estimate of drug-likeness (QED) is 0.268. The summed E-state index contributed by atoms with van der Waals surface area (Å²) < 4.78 is 17.8. The van der Waals surface area contributed by atoms with Crippen molar-refractivity contribution < 1.29 is 23.8 Å². The predicted molar refractivity (Wildman–Crippen MR) is 161 cm³/mol. The monoisotopic (exact) mass is 568 g/mol. The number of nitrogens with one attached hydrogen (secondary N) is 1. The van der Waals surface area contributed by atoms with Gasteiger partial charge in [-0.2, -0.15) is 5.10 Å². The molecule has 0 fully saturated rings. The molecule has 0 bridgehead atoms. The van der Waals surface area contributed by atoms with Crippen LogP contribution >= 0.6 is 0 Å². The number of nitrogens with zero attached hydrogens (tertiary/aromatic N) is 2. The molecule has 0 atom stereocenters. The first kappa shape index (κ1) is 28.7. The van der Waals surface area contributed by atoms with Gasteiger partial charge in [-0.25, -0.2) is 4.68 Å². The predicted octanol–water partition coefficient (Wildman–Crippen LogP) is 5.16. The number of Topliss-reactive ketones (excluding diaryl/α,β-unsaturated/α-hetero) is 1. The second-order valence-electron chi connectivity index (χ2n) is 11.3. The van der Waals surface area contributed by atoms with Gasteiger partial charge in [-0.3, -0.25) is 9.59 Å². The molecular weight excluding hydrogens is 532 g/mol. The fraction of sp³-hybridized carbons (Fsp3) is 0.303. The number of fused-ring (bicyclic) bond motifs is 1. The van der Waals surface area contributed by atoms with Crippen molar-refractivity contribution in [1.82, 2.24) is 15.1 Å². The molecule has 3 N–H and O–H groups in total. The van der Waals surface area contributed by atoms with E-state index in [2.05, 4.69) is 19.2 Å². The first-order chi connectivity index (χ1) is 20.1. The Balaban J connectivity index is 1.45. The van der Waals surface area contributed by atoms with E-state index in [1.165, 1.54) is 0 Å². The SMILES string of the molecule is COc1ccc(CNC(=O)c2ccc(-n3nc(Cc4ccc(OC)c(OC)c4)c4c3CC(C)(C)CC4=O)c(N)c2)cc1. The number of ether oxygens (including phenoxy) is 3. The average Bonchev–Trinajstić information content (AvgIpc) is 3.32. The summed E-state index contributed by atoms with van der Waals surface area (Å²) in [6.45, 7) is 4.53. The van der Waals surface area contributed by atoms with E-state index in [0.717, 1.165) is 22.6 Å². The van der Waals surface area contributed by atoms with Gasteiger partial charge in [-0.05, 0) is 65.4 Å². The molecule has 1 heterocycles. The van der Waals surface area contributed by atoms with E-state index in [9.17, 15) is 9.59 Å². The molecule has 218 valence electrons. The molecule has 0 saturated heterocycles. The van der Waals surface area contributed by atoms with Gasteiger partial charge in [0.15, 0.2) is 17.3 Å². The molecule has 3 aromatic carbocycles. The summed E-state index contributed by atoms with van der Waals surface area (Å²) in [6.07, 6.45) is 1.54. The van der Waals surface area contributed by atoms with E-state index in [1.807, 2.05) is 42.5 Å². The van der Waals surface area contributed by atoms with Crippen LogP contribution in [0, 0.1) is 5.41 Å². The summed E-state index contributed by atoms with van der Waals surface area (Å²) in [5.74, 6) is 1.83. The van der Waals surface area contributed by atoms with Crippen molar-refractivity contribution in [3.63, 3.8) is 0 Å². The number of benzene rings is 3. The molecule has 0 aliphatic heterocycles. The Hall–Kier alpha value is -4.79. The van der Waals surface area contributed by atoms with Crippen molar-refractivity contribution in [2.45, 2.75) is 39.7 Å². The summed E-state index contributed by atoms with van der Waals surface area (Å²) >= 11 is 0. The van der Waals surface area contributed by atoms with Crippen molar-refractivity contribution in [1.29, 1.82) is 0 Å². The van der Waals surface area contributed by atoms with Crippen molar-refractivity contribution in [2.75, 3.05) is 27.1 Å². The lowest BCUT2D eigenvalue weighted by Gasteiger charge is -2.29. The van der Waals surface area contributed by atoms with Gasteiger partial charge in [0.05, 0.1) is 49.7 Å². The molecule has 0 unspecified atom stereocenters. The maximum Gasteiger partial charge on any atom is 0.251 e. The Morgan fingerprint density at radius 1 is 0.929 bits per heavy atom. The summed E-state index contributed by atoms with van der Waals surface area (Å²) in [6, 6.07) is 18.4. The molecule has 5 rings (SSSR count). The lowest BCUT2D eigenvalue weighted by Crippen LogP contribution is -2.28. The average molecular weight is 569 g/mol. The van der Waals surface area contributed by atoms with Gasteiger partial charge in [-0.15, -0.1) is 0 Å². The number of anilines is 1. The Morgan fingerprint density at radius 3 is 2.31 bits per heavy atom. The zero-order valence-corrected chi connectivity index (χ0v) is 24.6. The van der Waals surface area contributed by atoms with Gasteiger partial charge >= 0.3 is 0 Å². The van der Waals surface area contributed by atoms with E-state index >= 15 is 0 Å². The number of rotatable bonds is 9. The van der Waals surface area contributed by atoms with Crippen LogP contribution in [0.15, 0.2) is 60.7 Å². The fourth-order valence-corrected chi connectivity index (χ4v) is 5.45. The second-order valence-corrected chi connectivity index (χ2v) is 11.3. The van der Waals surface area contributed by atoms with Crippen LogP contribution in [0.5, 0.6) is 17.2 Å². The normalized spacial score (nSPS) is 13.8. The third-order valence-electron chi connectivity index (χ3n) is 7.57. The summed E-state index contributed by atoms with van der Waals surface area (Å²) in [5, 5.41) is 7.86. The Bertz CT molecular complexity index is 1640. The van der Waals surface area contributed by atoms with Gasteiger partial charge in [0.25, 0.3) is 5.91 Å². The third-order valence-corrected chi connectivity index (χ3v) is 7.57.